The fourth-order valence-electron chi connectivity index (χ4n) is 1.03. The molecule has 0 aliphatic rings. The number of pyridine rings is 1. The second kappa shape index (κ2) is 4.57. The molecule has 0 aliphatic heterocycles. The third-order valence-electron chi connectivity index (χ3n) is 1.53. The average Bonchev–Trinajstić information content (AvgIpc) is 2.08. The second-order valence-electron chi connectivity index (χ2n) is 3.05. The number of nitrogens with zero attached hydrogens (tertiary/aromatic N) is 2. The monoisotopic (exact) mass is 179 g/mol. The third-order valence-corrected chi connectivity index (χ3v) is 1.53. The van der Waals surface area contributed by atoms with E-state index < -0.39 is 0 Å². The van der Waals surface area contributed by atoms with Gasteiger partial charge in [-0.15, -0.1) is 0 Å². The lowest BCUT2D eigenvalue weighted by atomic mass is 10.3. The Kier molecular flexibility index (Phi) is 3.40. The van der Waals surface area contributed by atoms with E-state index in [0.29, 0.717) is 12.2 Å². The zero-order valence-electron chi connectivity index (χ0n) is 7.82. The molecule has 0 bridgehead atoms. The molecular weight excluding hydrogens is 166 g/mol. The first-order valence-electron chi connectivity index (χ1n) is 4.02. The lowest BCUT2D eigenvalue weighted by molar-refractivity contribution is -0.105. The predicted octanol–water partition coefficient (Wildman–Crippen LogP) is 0.712. The van der Waals surface area contributed by atoms with Gasteiger partial charge in [0.15, 0.2) is 0 Å². The first kappa shape index (κ1) is 9.67. The lowest BCUT2D eigenvalue weighted by Gasteiger charge is -2.08. The van der Waals surface area contributed by atoms with Gasteiger partial charge >= 0.3 is 0 Å². The van der Waals surface area contributed by atoms with Crippen LogP contribution in [0.15, 0.2) is 18.3 Å². The van der Waals surface area contributed by atoms with Gasteiger partial charge in [-0.25, -0.2) is 4.98 Å². The molecule has 70 valence electrons. The Morgan fingerprint density at radius 1 is 1.54 bits per heavy atom. The topological polar surface area (TPSA) is 45.2 Å². The molecule has 0 fully saturated rings. The summed E-state index contributed by atoms with van der Waals surface area (Å²) in [7, 11) is 4.00. The minimum Gasteiger partial charge on any atom is -0.313 e. The summed E-state index contributed by atoms with van der Waals surface area (Å²) in [6.07, 6.45) is 2.37. The molecule has 1 heterocycles. The number of hydrogen-bond donors (Lipinski definition) is 1. The molecular formula is C9H13N3O. The summed E-state index contributed by atoms with van der Waals surface area (Å²) in [5.74, 6) is 0.581. The van der Waals surface area contributed by atoms with E-state index in [0.717, 1.165) is 12.1 Å². The smallest absolute Gasteiger partial charge is 0.212 e. The number of carbonyl (C=O) groups excluding carboxylic acids is 1. The number of carbonyl (C=O) groups is 1. The van der Waals surface area contributed by atoms with Crippen LogP contribution in [0.25, 0.3) is 0 Å². The number of anilines is 1. The van der Waals surface area contributed by atoms with E-state index in [1.807, 2.05) is 20.2 Å². The van der Waals surface area contributed by atoms with E-state index in [1.54, 1.807) is 12.3 Å². The summed E-state index contributed by atoms with van der Waals surface area (Å²) in [6, 6.07) is 3.73. The molecule has 0 unspecified atom stereocenters. The molecule has 0 radical (unpaired) electrons. The summed E-state index contributed by atoms with van der Waals surface area (Å²) in [4.78, 5) is 16.2. The highest BCUT2D eigenvalue weighted by Crippen LogP contribution is 2.05. The van der Waals surface area contributed by atoms with Crippen molar-refractivity contribution in [1.82, 2.24) is 9.88 Å². The molecule has 0 aliphatic carbocycles. The van der Waals surface area contributed by atoms with E-state index >= 15 is 0 Å². The molecule has 0 aromatic carbocycles. The Hall–Kier alpha value is -1.42. The van der Waals surface area contributed by atoms with E-state index in [2.05, 4.69) is 15.2 Å². The molecule has 4 heteroatoms. The minimum absolute atomic E-state index is 0.581. The van der Waals surface area contributed by atoms with Crippen molar-refractivity contribution in [3.8, 4) is 0 Å². The van der Waals surface area contributed by atoms with Gasteiger partial charge in [0, 0.05) is 12.7 Å². The molecule has 1 aromatic heterocycles. The maximum Gasteiger partial charge on any atom is 0.212 e. The van der Waals surface area contributed by atoms with Crippen molar-refractivity contribution in [1.29, 1.82) is 0 Å². The van der Waals surface area contributed by atoms with Gasteiger partial charge < -0.3 is 10.2 Å². The van der Waals surface area contributed by atoms with Crippen molar-refractivity contribution in [2.45, 2.75) is 6.54 Å². The molecule has 0 spiro atoms. The van der Waals surface area contributed by atoms with Gasteiger partial charge in [-0.3, -0.25) is 4.79 Å². The van der Waals surface area contributed by atoms with E-state index in [-0.39, 0.29) is 0 Å². The number of rotatable bonds is 4. The van der Waals surface area contributed by atoms with Gasteiger partial charge in [0.25, 0.3) is 0 Å². The molecule has 1 rings (SSSR count). The summed E-state index contributed by atoms with van der Waals surface area (Å²) in [5.41, 5.74) is 1.13. The van der Waals surface area contributed by atoms with Gasteiger partial charge in [0.2, 0.25) is 6.41 Å². The number of aromatic nitrogens is 1. The number of nitrogens with one attached hydrogen (secondary N) is 1. The van der Waals surface area contributed by atoms with Crippen LogP contribution in [0, 0.1) is 0 Å². The normalized spacial score (nSPS) is 10.1. The van der Waals surface area contributed by atoms with Gasteiger partial charge in [-0.2, -0.15) is 0 Å². The van der Waals surface area contributed by atoms with Crippen molar-refractivity contribution < 1.29 is 4.79 Å². The van der Waals surface area contributed by atoms with Gasteiger partial charge in [-0.05, 0) is 25.7 Å². The quantitative estimate of drug-likeness (QED) is 0.692. The number of amides is 1. The van der Waals surface area contributed by atoms with E-state index in [9.17, 15) is 4.79 Å². The number of hydrogen-bond acceptors (Lipinski definition) is 3. The third kappa shape index (κ3) is 3.21. The Labute approximate surface area is 77.6 Å². The van der Waals surface area contributed by atoms with E-state index in [4.69, 9.17) is 0 Å². The lowest BCUT2D eigenvalue weighted by Crippen LogP contribution is -2.10. The zero-order valence-corrected chi connectivity index (χ0v) is 7.82. The van der Waals surface area contributed by atoms with Gasteiger partial charge in [0.1, 0.15) is 5.82 Å². The molecule has 0 atom stereocenters. The molecule has 4 nitrogen and oxygen atoms in total. The van der Waals surface area contributed by atoms with Gasteiger partial charge in [0.05, 0.1) is 0 Å². The van der Waals surface area contributed by atoms with Crippen LogP contribution in [0.1, 0.15) is 5.56 Å². The van der Waals surface area contributed by atoms with Crippen LogP contribution in [0.4, 0.5) is 5.82 Å². The van der Waals surface area contributed by atoms with Crippen LogP contribution < -0.4 is 5.32 Å². The van der Waals surface area contributed by atoms with Crippen molar-refractivity contribution in [2.24, 2.45) is 0 Å². The van der Waals surface area contributed by atoms with Gasteiger partial charge in [-0.1, -0.05) is 6.07 Å². The molecule has 1 N–H and O–H groups in total. The summed E-state index contributed by atoms with van der Waals surface area (Å²) in [5, 5.41) is 2.48. The van der Waals surface area contributed by atoms with Crippen molar-refractivity contribution in [2.75, 3.05) is 19.4 Å². The van der Waals surface area contributed by atoms with Crippen LogP contribution in [-0.2, 0) is 11.3 Å². The fraction of sp³-hybridized carbons (Fsp3) is 0.333. The summed E-state index contributed by atoms with van der Waals surface area (Å²) in [6.45, 7) is 0.856. The first-order chi connectivity index (χ1) is 6.22. The first-order valence-corrected chi connectivity index (χ1v) is 4.02. The minimum atomic E-state index is 0.581. The SMILES string of the molecule is CN(C)Cc1ccc(NC=O)nc1. The molecule has 1 amide bonds. The maximum absolute atomic E-state index is 10.1. The average molecular weight is 179 g/mol. The standard InChI is InChI=1S/C9H13N3O/c1-12(2)6-8-3-4-9(10-5-8)11-7-13/h3-5,7H,6H2,1-2H3,(H,10,11,13). The van der Waals surface area contributed by atoms with Crippen molar-refractivity contribution in [3.05, 3.63) is 23.9 Å². The van der Waals surface area contributed by atoms with Crippen LogP contribution in [0.5, 0.6) is 0 Å². The Morgan fingerprint density at radius 2 is 2.31 bits per heavy atom. The van der Waals surface area contributed by atoms with Crippen LogP contribution >= 0.6 is 0 Å². The Morgan fingerprint density at radius 3 is 2.77 bits per heavy atom. The van der Waals surface area contributed by atoms with E-state index in [1.165, 1.54) is 0 Å². The van der Waals surface area contributed by atoms with Crippen molar-refractivity contribution in [3.63, 3.8) is 0 Å². The van der Waals surface area contributed by atoms with Crippen LogP contribution in [-0.4, -0.2) is 30.4 Å². The fourth-order valence-corrected chi connectivity index (χ4v) is 1.03. The second-order valence-corrected chi connectivity index (χ2v) is 3.05. The Bertz CT molecular complexity index is 269. The zero-order chi connectivity index (χ0) is 9.68. The predicted molar refractivity (Wildman–Crippen MR) is 51.3 cm³/mol. The Balaban J connectivity index is 2.63. The largest absolute Gasteiger partial charge is 0.313 e. The molecule has 13 heavy (non-hydrogen) atoms. The van der Waals surface area contributed by atoms with Crippen LogP contribution in [0.3, 0.4) is 0 Å². The molecule has 0 saturated carbocycles. The summed E-state index contributed by atoms with van der Waals surface area (Å²) >= 11 is 0. The highest BCUT2D eigenvalue weighted by molar-refractivity contribution is 5.68. The summed E-state index contributed by atoms with van der Waals surface area (Å²) < 4.78 is 0. The molecule has 0 saturated heterocycles. The van der Waals surface area contributed by atoms with Crippen LogP contribution in [0.2, 0.25) is 0 Å². The maximum atomic E-state index is 10.1. The molecule has 1 aromatic rings. The van der Waals surface area contributed by atoms with Crippen molar-refractivity contribution >= 4 is 12.2 Å². The highest BCUT2D eigenvalue weighted by atomic mass is 16.1. The highest BCUT2D eigenvalue weighted by Gasteiger charge is 1.96.